The Bertz CT molecular complexity index is 1330. The minimum atomic E-state index is -1.11. The van der Waals surface area contributed by atoms with E-state index in [4.69, 9.17) is 18.7 Å². The summed E-state index contributed by atoms with van der Waals surface area (Å²) in [5.41, 5.74) is 0.248. The van der Waals surface area contributed by atoms with Crippen LogP contribution in [0.15, 0.2) is 53.1 Å². The molecule has 0 saturated heterocycles. The van der Waals surface area contributed by atoms with Gasteiger partial charge >= 0.3 is 0 Å². The molecule has 0 spiro atoms. The summed E-state index contributed by atoms with van der Waals surface area (Å²) < 4.78 is 21.3. The molecule has 40 heavy (non-hydrogen) atoms. The Morgan fingerprint density at radius 3 is 2.12 bits per heavy atom. The van der Waals surface area contributed by atoms with Crippen LogP contribution < -0.4 is 29.7 Å². The number of carbonyl (C=O) groups excluding carboxylic acids is 3. The van der Waals surface area contributed by atoms with Gasteiger partial charge in [-0.25, -0.2) is 0 Å². The summed E-state index contributed by atoms with van der Waals surface area (Å²) in [6, 6.07) is 12.3. The Labute approximate surface area is 233 Å². The van der Waals surface area contributed by atoms with E-state index in [0.717, 1.165) is 0 Å². The normalized spacial score (nSPS) is 11.8. The van der Waals surface area contributed by atoms with E-state index < -0.39 is 29.3 Å². The predicted octanol–water partition coefficient (Wildman–Crippen LogP) is 4.42. The number of carbonyl (C=O) groups is 3. The Morgan fingerprint density at radius 1 is 0.925 bits per heavy atom. The van der Waals surface area contributed by atoms with Crippen molar-refractivity contribution in [2.24, 2.45) is 0 Å². The number of nitrogens with one attached hydrogen (secondary N) is 2. The van der Waals surface area contributed by atoms with Gasteiger partial charge in [-0.3, -0.25) is 19.3 Å². The van der Waals surface area contributed by atoms with Gasteiger partial charge in [-0.05, 0) is 57.5 Å². The van der Waals surface area contributed by atoms with Crippen LogP contribution in [0.4, 0.5) is 11.5 Å². The highest BCUT2D eigenvalue weighted by molar-refractivity contribution is 6.04. The van der Waals surface area contributed by atoms with Gasteiger partial charge in [0.25, 0.3) is 0 Å². The van der Waals surface area contributed by atoms with E-state index in [-0.39, 0.29) is 18.7 Å². The van der Waals surface area contributed by atoms with Gasteiger partial charge in [-0.1, -0.05) is 17.3 Å². The van der Waals surface area contributed by atoms with Gasteiger partial charge < -0.3 is 29.4 Å². The topological polar surface area (TPSA) is 132 Å². The Hall–Kier alpha value is -4.54. The molecule has 0 radical (unpaired) electrons. The standard InChI is InChI=1S/C29H36N4O7/c1-18-16-24(32-40-18)30-25(34)14-15-26(35)33(22-17-21(38-6)12-13-23(22)39-7)27(28(36)31-29(2,3)4)19-8-10-20(37-5)11-9-19/h8-13,16-17,27H,14-15H2,1-7H3,(H,31,36)(H,30,32,34)/t27-/m1/s1. The highest BCUT2D eigenvalue weighted by atomic mass is 16.5. The minimum Gasteiger partial charge on any atom is -0.497 e. The molecule has 214 valence electrons. The molecule has 0 bridgehead atoms. The summed E-state index contributed by atoms with van der Waals surface area (Å²) in [4.78, 5) is 41.8. The summed E-state index contributed by atoms with van der Waals surface area (Å²) in [7, 11) is 4.51. The molecule has 1 aromatic heterocycles. The molecule has 11 heteroatoms. The van der Waals surface area contributed by atoms with E-state index in [2.05, 4.69) is 15.8 Å². The number of ether oxygens (including phenoxy) is 3. The lowest BCUT2D eigenvalue weighted by Crippen LogP contribution is -2.49. The first kappa shape index (κ1) is 30.0. The number of anilines is 2. The number of hydrogen-bond acceptors (Lipinski definition) is 8. The van der Waals surface area contributed by atoms with Crippen LogP contribution in [0.25, 0.3) is 0 Å². The van der Waals surface area contributed by atoms with Crippen LogP contribution in [0.2, 0.25) is 0 Å². The summed E-state index contributed by atoms with van der Waals surface area (Å²) in [6.07, 6.45) is -0.373. The first-order valence-corrected chi connectivity index (χ1v) is 12.7. The van der Waals surface area contributed by atoms with Crippen molar-refractivity contribution in [2.75, 3.05) is 31.5 Å². The Balaban J connectivity index is 2.07. The first-order valence-electron chi connectivity index (χ1n) is 12.7. The molecular weight excluding hydrogens is 516 g/mol. The van der Waals surface area contributed by atoms with Crippen LogP contribution in [0.3, 0.4) is 0 Å². The van der Waals surface area contributed by atoms with E-state index in [1.807, 2.05) is 20.8 Å². The third-order valence-corrected chi connectivity index (χ3v) is 5.81. The lowest BCUT2D eigenvalue weighted by molar-refractivity contribution is -0.128. The quantitative estimate of drug-likeness (QED) is 0.357. The zero-order valence-electron chi connectivity index (χ0n) is 23.9. The average molecular weight is 553 g/mol. The summed E-state index contributed by atoms with van der Waals surface area (Å²) in [6.45, 7) is 7.26. The van der Waals surface area contributed by atoms with Crippen LogP contribution in [-0.2, 0) is 14.4 Å². The molecule has 0 fully saturated rings. The number of aryl methyl sites for hydroxylation is 1. The molecule has 3 amide bonds. The predicted molar refractivity (Wildman–Crippen MR) is 150 cm³/mol. The molecule has 0 unspecified atom stereocenters. The second-order valence-electron chi connectivity index (χ2n) is 10.1. The molecule has 3 rings (SSSR count). The maximum Gasteiger partial charge on any atom is 0.248 e. The van der Waals surface area contributed by atoms with Crippen molar-refractivity contribution < 1.29 is 33.1 Å². The second-order valence-corrected chi connectivity index (χ2v) is 10.1. The third kappa shape index (κ3) is 7.75. The molecule has 3 aromatic rings. The number of nitrogens with zero attached hydrogens (tertiary/aromatic N) is 2. The highest BCUT2D eigenvalue weighted by Gasteiger charge is 2.36. The van der Waals surface area contributed by atoms with E-state index in [1.165, 1.54) is 19.1 Å². The number of rotatable bonds is 11. The van der Waals surface area contributed by atoms with Crippen molar-refractivity contribution in [3.63, 3.8) is 0 Å². The van der Waals surface area contributed by atoms with E-state index in [0.29, 0.717) is 34.3 Å². The van der Waals surface area contributed by atoms with Gasteiger partial charge in [0.15, 0.2) is 5.82 Å². The van der Waals surface area contributed by atoms with Crippen molar-refractivity contribution in [1.29, 1.82) is 0 Å². The van der Waals surface area contributed by atoms with Crippen molar-refractivity contribution in [3.8, 4) is 17.2 Å². The van der Waals surface area contributed by atoms with Crippen LogP contribution in [-0.4, -0.2) is 49.7 Å². The van der Waals surface area contributed by atoms with E-state index in [1.54, 1.807) is 62.6 Å². The molecule has 0 aliphatic rings. The van der Waals surface area contributed by atoms with Gasteiger partial charge in [0, 0.05) is 30.5 Å². The Kier molecular flexibility index (Phi) is 9.76. The van der Waals surface area contributed by atoms with Gasteiger partial charge in [-0.15, -0.1) is 0 Å². The number of amides is 3. The number of benzene rings is 2. The van der Waals surface area contributed by atoms with E-state index >= 15 is 0 Å². The van der Waals surface area contributed by atoms with Crippen molar-refractivity contribution in [1.82, 2.24) is 10.5 Å². The van der Waals surface area contributed by atoms with Crippen LogP contribution in [0.5, 0.6) is 17.2 Å². The van der Waals surface area contributed by atoms with E-state index in [9.17, 15) is 14.4 Å². The zero-order chi connectivity index (χ0) is 29.4. The largest absolute Gasteiger partial charge is 0.497 e. The monoisotopic (exact) mass is 552 g/mol. The fourth-order valence-electron chi connectivity index (χ4n) is 4.02. The third-order valence-electron chi connectivity index (χ3n) is 5.81. The molecular formula is C29H36N4O7. The average Bonchev–Trinajstić information content (AvgIpc) is 3.33. The molecule has 2 N–H and O–H groups in total. The van der Waals surface area contributed by atoms with Crippen LogP contribution in [0.1, 0.15) is 51.0 Å². The Morgan fingerprint density at radius 2 is 1.57 bits per heavy atom. The lowest BCUT2D eigenvalue weighted by Gasteiger charge is -2.34. The fourth-order valence-corrected chi connectivity index (χ4v) is 4.02. The highest BCUT2D eigenvalue weighted by Crippen LogP contribution is 2.38. The van der Waals surface area contributed by atoms with Crippen LogP contribution >= 0.6 is 0 Å². The first-order chi connectivity index (χ1) is 18.9. The summed E-state index contributed by atoms with van der Waals surface area (Å²) in [5.74, 6) is 0.851. The molecule has 2 aromatic carbocycles. The number of methoxy groups -OCH3 is 3. The molecule has 0 aliphatic carbocycles. The SMILES string of the molecule is COc1ccc([C@H](C(=O)NC(C)(C)C)N(C(=O)CCC(=O)Nc2cc(C)on2)c2cc(OC)ccc2OC)cc1. The van der Waals surface area contributed by atoms with Crippen molar-refractivity contribution in [3.05, 3.63) is 59.9 Å². The molecule has 1 atom stereocenters. The van der Waals surface area contributed by atoms with Gasteiger partial charge in [0.2, 0.25) is 17.7 Å². The van der Waals surface area contributed by atoms with Gasteiger partial charge in [0.1, 0.15) is 29.1 Å². The van der Waals surface area contributed by atoms with Gasteiger partial charge in [0.05, 0.1) is 27.0 Å². The molecule has 0 saturated carbocycles. The molecule has 1 heterocycles. The maximum atomic E-state index is 14.0. The van der Waals surface area contributed by atoms with Gasteiger partial charge in [-0.2, -0.15) is 0 Å². The number of aromatic nitrogens is 1. The molecule has 11 nitrogen and oxygen atoms in total. The minimum absolute atomic E-state index is 0.163. The lowest BCUT2D eigenvalue weighted by atomic mass is 9.99. The smallest absolute Gasteiger partial charge is 0.248 e. The zero-order valence-corrected chi connectivity index (χ0v) is 23.9. The fraction of sp³-hybridized carbons (Fsp3) is 0.379. The second kappa shape index (κ2) is 13.0. The van der Waals surface area contributed by atoms with Crippen LogP contribution in [0, 0.1) is 6.92 Å². The number of hydrogen-bond donors (Lipinski definition) is 2. The maximum absolute atomic E-state index is 14.0. The summed E-state index contributed by atoms with van der Waals surface area (Å²) in [5, 5.41) is 9.35. The van der Waals surface area contributed by atoms with Crippen molar-refractivity contribution >= 4 is 29.2 Å². The van der Waals surface area contributed by atoms with Crippen molar-refractivity contribution in [2.45, 2.75) is 52.1 Å². The molecule has 0 aliphatic heterocycles. The summed E-state index contributed by atoms with van der Waals surface area (Å²) >= 11 is 0.